The summed E-state index contributed by atoms with van der Waals surface area (Å²) in [6.45, 7) is 7.42. The van der Waals surface area contributed by atoms with Crippen molar-refractivity contribution in [2.45, 2.75) is 33.2 Å². The second-order valence-electron chi connectivity index (χ2n) is 5.67. The maximum Gasteiger partial charge on any atom is 0.257 e. The number of pyridine rings is 1. The van der Waals surface area contributed by atoms with Crippen molar-refractivity contribution in [2.75, 3.05) is 18.9 Å². The summed E-state index contributed by atoms with van der Waals surface area (Å²) in [4.78, 5) is 18.9. The number of nitrogens with zero attached hydrogens (tertiary/aromatic N) is 2. The highest BCUT2D eigenvalue weighted by molar-refractivity contribution is 5.98. The van der Waals surface area contributed by atoms with E-state index in [0.717, 1.165) is 6.54 Å². The fourth-order valence-corrected chi connectivity index (χ4v) is 2.92. The van der Waals surface area contributed by atoms with Crippen molar-refractivity contribution in [1.82, 2.24) is 9.88 Å². The number of piperidine rings is 1. The monoisotopic (exact) mass is 261 g/mol. The van der Waals surface area contributed by atoms with Gasteiger partial charge in [0.15, 0.2) is 0 Å². The molecule has 1 N–H and O–H groups in total. The number of aromatic nitrogens is 1. The van der Waals surface area contributed by atoms with Gasteiger partial charge in [0.1, 0.15) is 5.82 Å². The smallest absolute Gasteiger partial charge is 0.257 e. The first-order valence-corrected chi connectivity index (χ1v) is 6.98. The zero-order chi connectivity index (χ0) is 14.0. The lowest BCUT2D eigenvalue weighted by Crippen LogP contribution is -2.49. The van der Waals surface area contributed by atoms with Crippen molar-refractivity contribution >= 4 is 11.7 Å². The van der Waals surface area contributed by atoms with Crippen LogP contribution in [0.2, 0.25) is 0 Å². The second-order valence-corrected chi connectivity index (χ2v) is 5.67. The van der Waals surface area contributed by atoms with Gasteiger partial charge in [-0.1, -0.05) is 13.8 Å². The molecule has 2 heterocycles. The highest BCUT2D eigenvalue weighted by Gasteiger charge is 2.33. The van der Waals surface area contributed by atoms with Gasteiger partial charge in [-0.2, -0.15) is 0 Å². The summed E-state index contributed by atoms with van der Waals surface area (Å²) in [6, 6.07) is 3.95. The van der Waals surface area contributed by atoms with E-state index in [1.807, 2.05) is 17.0 Å². The number of anilines is 1. The van der Waals surface area contributed by atoms with Gasteiger partial charge >= 0.3 is 0 Å². The van der Waals surface area contributed by atoms with Crippen LogP contribution in [0.3, 0.4) is 0 Å². The first-order chi connectivity index (χ1) is 9.04. The Balaban J connectivity index is 2.27. The number of hydrogen-bond acceptors (Lipinski definition) is 3. The fourth-order valence-electron chi connectivity index (χ4n) is 2.92. The molecule has 1 aromatic heterocycles. The molecule has 1 aliphatic heterocycles. The Bertz CT molecular complexity index is 460. The maximum atomic E-state index is 12.7. The minimum atomic E-state index is 0.0864. The van der Waals surface area contributed by atoms with Gasteiger partial charge in [-0.25, -0.2) is 4.98 Å². The quantitative estimate of drug-likeness (QED) is 0.890. The molecule has 0 aromatic carbocycles. The molecule has 0 radical (unpaired) electrons. The predicted octanol–water partition coefficient (Wildman–Crippen LogP) is 2.63. The largest absolute Gasteiger partial charge is 0.372 e. The van der Waals surface area contributed by atoms with E-state index in [-0.39, 0.29) is 11.9 Å². The lowest BCUT2D eigenvalue weighted by molar-refractivity contribution is 0.0456. The van der Waals surface area contributed by atoms with Gasteiger partial charge in [0.25, 0.3) is 5.91 Å². The molecular weight excluding hydrogens is 238 g/mol. The molecule has 4 heteroatoms. The van der Waals surface area contributed by atoms with Gasteiger partial charge in [-0.05, 0) is 37.3 Å². The Morgan fingerprint density at radius 3 is 2.84 bits per heavy atom. The van der Waals surface area contributed by atoms with Gasteiger partial charge < -0.3 is 10.2 Å². The van der Waals surface area contributed by atoms with Crippen LogP contribution in [0.1, 0.15) is 37.6 Å². The van der Waals surface area contributed by atoms with Gasteiger partial charge in [-0.15, -0.1) is 0 Å². The molecule has 1 aliphatic rings. The van der Waals surface area contributed by atoms with Crippen LogP contribution in [0.25, 0.3) is 0 Å². The van der Waals surface area contributed by atoms with E-state index in [1.165, 1.54) is 6.42 Å². The van der Waals surface area contributed by atoms with Gasteiger partial charge in [0, 0.05) is 25.8 Å². The molecule has 0 spiro atoms. The number of hydrogen-bond donors (Lipinski definition) is 1. The molecule has 2 rings (SSSR count). The predicted molar refractivity (Wildman–Crippen MR) is 77.2 cm³/mol. The number of carbonyl (C=O) groups excluding carboxylic acids is 1. The number of rotatable bonds is 2. The van der Waals surface area contributed by atoms with E-state index in [0.29, 0.717) is 23.2 Å². The van der Waals surface area contributed by atoms with Crippen molar-refractivity contribution in [1.29, 1.82) is 0 Å². The van der Waals surface area contributed by atoms with Crippen LogP contribution in [-0.2, 0) is 0 Å². The third kappa shape index (κ3) is 2.72. The average molecular weight is 261 g/mol. The molecule has 3 atom stereocenters. The van der Waals surface area contributed by atoms with Gasteiger partial charge in [-0.3, -0.25) is 4.79 Å². The Hall–Kier alpha value is -1.58. The van der Waals surface area contributed by atoms with Crippen LogP contribution in [0, 0.1) is 11.8 Å². The van der Waals surface area contributed by atoms with E-state index < -0.39 is 0 Å². The van der Waals surface area contributed by atoms with Crippen molar-refractivity contribution in [3.63, 3.8) is 0 Å². The zero-order valence-corrected chi connectivity index (χ0v) is 12.2. The summed E-state index contributed by atoms with van der Waals surface area (Å²) in [5.74, 6) is 1.85. The summed E-state index contributed by atoms with van der Waals surface area (Å²) >= 11 is 0. The number of amides is 1. The topological polar surface area (TPSA) is 45.2 Å². The lowest BCUT2D eigenvalue weighted by Gasteiger charge is -2.41. The van der Waals surface area contributed by atoms with Crippen molar-refractivity contribution in [3.05, 3.63) is 23.9 Å². The first kappa shape index (κ1) is 13.8. The van der Waals surface area contributed by atoms with E-state index in [9.17, 15) is 4.79 Å². The number of nitrogens with one attached hydrogen (secondary N) is 1. The number of carbonyl (C=O) groups is 1. The Labute approximate surface area is 115 Å². The molecule has 0 saturated carbocycles. The maximum absolute atomic E-state index is 12.7. The SMILES string of the molecule is CNc1ncccc1C(=O)N1CC(C)CC(C)C1C. The molecule has 1 amide bonds. The normalized spacial score (nSPS) is 27.2. The molecule has 0 aliphatic carbocycles. The summed E-state index contributed by atoms with van der Waals surface area (Å²) in [5, 5.41) is 2.99. The van der Waals surface area contributed by atoms with Gasteiger partial charge in [0.05, 0.1) is 5.56 Å². The highest BCUT2D eigenvalue weighted by Crippen LogP contribution is 2.29. The van der Waals surface area contributed by atoms with E-state index in [4.69, 9.17) is 0 Å². The summed E-state index contributed by atoms with van der Waals surface area (Å²) in [6.07, 6.45) is 2.89. The van der Waals surface area contributed by atoms with Crippen LogP contribution in [-0.4, -0.2) is 35.4 Å². The van der Waals surface area contributed by atoms with Crippen LogP contribution >= 0.6 is 0 Å². The molecular formula is C15H23N3O. The van der Waals surface area contributed by atoms with Gasteiger partial charge in [0.2, 0.25) is 0 Å². The van der Waals surface area contributed by atoms with Crippen molar-refractivity contribution in [2.24, 2.45) is 11.8 Å². The lowest BCUT2D eigenvalue weighted by atomic mass is 9.85. The molecule has 104 valence electrons. The van der Waals surface area contributed by atoms with E-state index in [2.05, 4.69) is 31.1 Å². The summed E-state index contributed by atoms with van der Waals surface area (Å²) in [7, 11) is 1.80. The minimum Gasteiger partial charge on any atom is -0.372 e. The standard InChI is InChI=1S/C15H23N3O/c1-10-8-11(2)12(3)18(9-10)15(19)13-6-5-7-17-14(13)16-4/h5-7,10-12H,8-9H2,1-4H3,(H,16,17). The molecule has 1 saturated heterocycles. The van der Waals surface area contributed by atoms with E-state index >= 15 is 0 Å². The first-order valence-electron chi connectivity index (χ1n) is 6.98. The molecule has 1 fully saturated rings. The van der Waals surface area contributed by atoms with Crippen molar-refractivity contribution < 1.29 is 4.79 Å². The summed E-state index contributed by atoms with van der Waals surface area (Å²) in [5.41, 5.74) is 0.665. The van der Waals surface area contributed by atoms with Crippen LogP contribution < -0.4 is 5.32 Å². The van der Waals surface area contributed by atoms with E-state index in [1.54, 1.807) is 13.2 Å². The molecule has 4 nitrogen and oxygen atoms in total. The Kier molecular flexibility index (Phi) is 4.08. The highest BCUT2D eigenvalue weighted by atomic mass is 16.2. The van der Waals surface area contributed by atoms with Crippen LogP contribution in [0.4, 0.5) is 5.82 Å². The summed E-state index contributed by atoms with van der Waals surface area (Å²) < 4.78 is 0. The second kappa shape index (κ2) is 5.59. The Morgan fingerprint density at radius 2 is 2.16 bits per heavy atom. The average Bonchev–Trinajstić information content (AvgIpc) is 2.42. The molecule has 0 bridgehead atoms. The zero-order valence-electron chi connectivity index (χ0n) is 12.2. The Morgan fingerprint density at radius 1 is 1.42 bits per heavy atom. The fraction of sp³-hybridized carbons (Fsp3) is 0.600. The third-order valence-corrected chi connectivity index (χ3v) is 4.13. The van der Waals surface area contributed by atoms with Crippen molar-refractivity contribution in [3.8, 4) is 0 Å². The third-order valence-electron chi connectivity index (χ3n) is 4.13. The molecule has 19 heavy (non-hydrogen) atoms. The number of likely N-dealkylation sites (tertiary alicyclic amines) is 1. The van der Waals surface area contributed by atoms with Crippen LogP contribution in [0.15, 0.2) is 18.3 Å². The molecule has 3 unspecified atom stereocenters. The molecule has 1 aromatic rings. The van der Waals surface area contributed by atoms with Crippen LogP contribution in [0.5, 0.6) is 0 Å². The minimum absolute atomic E-state index is 0.0864.